The number of benzene rings is 1. The van der Waals surface area contributed by atoms with Gasteiger partial charge in [0.25, 0.3) is 5.91 Å². The zero-order valence-electron chi connectivity index (χ0n) is 16.7. The van der Waals surface area contributed by atoms with Gasteiger partial charge < -0.3 is 24.3 Å². The number of carbonyl (C=O) groups excluding carboxylic acids is 3. The number of nitrogens with zero attached hydrogens (tertiary/aromatic N) is 2. The lowest BCUT2D eigenvalue weighted by Crippen LogP contribution is -2.30. The SMILES string of the molecule is COC(=O)c1ccc(CN2C(=O)N/C(=C\c3cc(Cl)c(OCC(=O)O)c([N+](=O)[O-])c3)C2=O)o1. The Labute approximate surface area is 189 Å². The van der Waals surface area contributed by atoms with Crippen LogP contribution in [0.3, 0.4) is 0 Å². The van der Waals surface area contributed by atoms with Gasteiger partial charge in [0.15, 0.2) is 6.61 Å². The van der Waals surface area contributed by atoms with E-state index in [4.69, 9.17) is 25.9 Å². The maximum absolute atomic E-state index is 12.7. The number of nitro benzene ring substituents is 1. The van der Waals surface area contributed by atoms with Crippen molar-refractivity contribution in [2.75, 3.05) is 13.7 Å². The van der Waals surface area contributed by atoms with E-state index in [1.165, 1.54) is 25.3 Å². The van der Waals surface area contributed by atoms with E-state index in [2.05, 4.69) is 10.1 Å². The number of imide groups is 1. The maximum atomic E-state index is 12.7. The van der Waals surface area contributed by atoms with Crippen molar-refractivity contribution >= 4 is 47.2 Å². The van der Waals surface area contributed by atoms with Gasteiger partial charge in [-0.3, -0.25) is 19.8 Å². The number of amides is 3. The first-order chi connectivity index (χ1) is 15.6. The highest BCUT2D eigenvalue weighted by atomic mass is 35.5. The lowest BCUT2D eigenvalue weighted by atomic mass is 10.1. The number of rotatable bonds is 8. The van der Waals surface area contributed by atoms with Crippen LogP contribution < -0.4 is 10.1 Å². The molecule has 0 aliphatic carbocycles. The van der Waals surface area contributed by atoms with Gasteiger partial charge in [-0.15, -0.1) is 0 Å². The van der Waals surface area contributed by atoms with E-state index in [0.29, 0.717) is 0 Å². The molecular weight excluding hydrogens is 466 g/mol. The standard InChI is InChI=1S/C19H14ClN3O10/c1-31-18(27)14-3-2-10(33-14)7-22-17(26)12(21-19(22)28)5-9-4-11(20)16(32-8-15(24)25)13(6-9)23(29)30/h2-6H,7-8H2,1H3,(H,21,28)(H,24,25)/b12-5-. The van der Waals surface area contributed by atoms with Crippen LogP contribution in [-0.2, 0) is 20.9 Å². The number of carbonyl (C=O) groups is 4. The van der Waals surface area contributed by atoms with Crippen molar-refractivity contribution in [3.8, 4) is 5.75 Å². The number of hydrogen-bond donors (Lipinski definition) is 2. The topological polar surface area (TPSA) is 179 Å². The van der Waals surface area contributed by atoms with Crippen LogP contribution in [-0.4, -0.2) is 52.5 Å². The van der Waals surface area contributed by atoms with Crippen LogP contribution in [0.5, 0.6) is 5.75 Å². The minimum absolute atomic E-state index is 0.0749. The molecule has 14 heteroatoms. The summed E-state index contributed by atoms with van der Waals surface area (Å²) in [6.07, 6.45) is 1.15. The third-order valence-electron chi connectivity index (χ3n) is 4.22. The Balaban J connectivity index is 1.85. The summed E-state index contributed by atoms with van der Waals surface area (Å²) in [5.74, 6) is -3.27. The van der Waals surface area contributed by atoms with Gasteiger partial charge in [0.05, 0.1) is 23.6 Å². The van der Waals surface area contributed by atoms with Crippen molar-refractivity contribution in [2.24, 2.45) is 0 Å². The molecule has 1 aliphatic rings. The molecule has 0 unspecified atom stereocenters. The second-order valence-corrected chi connectivity index (χ2v) is 6.83. The highest BCUT2D eigenvalue weighted by Crippen LogP contribution is 2.37. The van der Waals surface area contributed by atoms with Crippen molar-refractivity contribution in [1.29, 1.82) is 0 Å². The average Bonchev–Trinajstić information content (AvgIpc) is 3.32. The number of carboxylic acid groups (broad SMARTS) is 1. The number of ether oxygens (including phenoxy) is 2. The molecule has 2 heterocycles. The highest BCUT2D eigenvalue weighted by molar-refractivity contribution is 6.32. The summed E-state index contributed by atoms with van der Waals surface area (Å²) < 4.78 is 14.6. The fourth-order valence-corrected chi connectivity index (χ4v) is 3.08. The van der Waals surface area contributed by atoms with E-state index < -0.39 is 46.8 Å². The summed E-state index contributed by atoms with van der Waals surface area (Å²) in [4.78, 5) is 58.4. The molecule has 0 atom stereocenters. The van der Waals surface area contributed by atoms with Crippen molar-refractivity contribution in [3.05, 3.63) is 62.2 Å². The zero-order chi connectivity index (χ0) is 24.3. The maximum Gasteiger partial charge on any atom is 0.373 e. The van der Waals surface area contributed by atoms with Crippen molar-refractivity contribution in [3.63, 3.8) is 0 Å². The Morgan fingerprint density at radius 1 is 1.33 bits per heavy atom. The van der Waals surface area contributed by atoms with Gasteiger partial charge in [0.2, 0.25) is 11.5 Å². The smallest absolute Gasteiger partial charge is 0.373 e. The number of methoxy groups -OCH3 is 1. The van der Waals surface area contributed by atoms with Gasteiger partial charge in [0, 0.05) is 6.07 Å². The molecule has 1 saturated heterocycles. The Morgan fingerprint density at radius 2 is 2.06 bits per heavy atom. The number of halogens is 1. The summed E-state index contributed by atoms with van der Waals surface area (Å²) in [6, 6.07) is 4.15. The fourth-order valence-electron chi connectivity index (χ4n) is 2.81. The van der Waals surface area contributed by atoms with E-state index in [1.807, 2.05) is 0 Å². The largest absolute Gasteiger partial charge is 0.479 e. The molecule has 2 aromatic rings. The normalized spacial score (nSPS) is 14.4. The predicted molar refractivity (Wildman–Crippen MR) is 108 cm³/mol. The van der Waals surface area contributed by atoms with Gasteiger partial charge in [-0.25, -0.2) is 14.4 Å². The Bertz CT molecular complexity index is 1200. The molecule has 2 N–H and O–H groups in total. The number of furan rings is 1. The van der Waals surface area contributed by atoms with Gasteiger partial charge in [-0.05, 0) is 29.8 Å². The van der Waals surface area contributed by atoms with E-state index in [1.54, 1.807) is 0 Å². The summed E-state index contributed by atoms with van der Waals surface area (Å²) in [5.41, 5.74) is -0.759. The lowest BCUT2D eigenvalue weighted by Gasteiger charge is -2.09. The number of hydrogen-bond acceptors (Lipinski definition) is 9. The minimum atomic E-state index is -1.36. The fraction of sp³-hybridized carbons (Fsp3) is 0.158. The van der Waals surface area contributed by atoms with Gasteiger partial charge >= 0.3 is 23.7 Å². The van der Waals surface area contributed by atoms with E-state index in [0.717, 1.165) is 17.0 Å². The van der Waals surface area contributed by atoms with Crippen molar-refractivity contribution < 1.29 is 43.1 Å². The number of urea groups is 1. The number of nitrogens with one attached hydrogen (secondary N) is 1. The molecule has 0 bridgehead atoms. The second-order valence-electron chi connectivity index (χ2n) is 6.43. The van der Waals surface area contributed by atoms with E-state index >= 15 is 0 Å². The molecule has 0 spiro atoms. The zero-order valence-corrected chi connectivity index (χ0v) is 17.5. The molecule has 33 heavy (non-hydrogen) atoms. The van der Waals surface area contributed by atoms with Crippen LogP contribution in [0.25, 0.3) is 6.08 Å². The molecule has 3 amide bonds. The molecule has 0 radical (unpaired) electrons. The minimum Gasteiger partial charge on any atom is -0.479 e. The summed E-state index contributed by atoms with van der Waals surface area (Å²) in [6.45, 7) is -1.14. The molecule has 3 rings (SSSR count). The second kappa shape index (κ2) is 9.40. The van der Waals surface area contributed by atoms with Gasteiger partial charge in [0.1, 0.15) is 11.5 Å². The first kappa shape index (κ1) is 23.3. The first-order valence-corrected chi connectivity index (χ1v) is 9.32. The van der Waals surface area contributed by atoms with Crippen molar-refractivity contribution in [2.45, 2.75) is 6.54 Å². The Kier molecular flexibility index (Phi) is 6.63. The predicted octanol–water partition coefficient (Wildman–Crippen LogP) is 2.18. The Morgan fingerprint density at radius 3 is 2.70 bits per heavy atom. The van der Waals surface area contributed by atoms with Crippen LogP contribution in [0.1, 0.15) is 21.9 Å². The number of nitro groups is 1. The summed E-state index contributed by atoms with van der Waals surface area (Å²) in [5, 5.41) is 22.1. The molecule has 13 nitrogen and oxygen atoms in total. The summed E-state index contributed by atoms with van der Waals surface area (Å²) >= 11 is 6.00. The monoisotopic (exact) mass is 479 g/mol. The quantitative estimate of drug-likeness (QED) is 0.187. The highest BCUT2D eigenvalue weighted by Gasteiger charge is 2.34. The molecule has 1 aromatic carbocycles. The van der Waals surface area contributed by atoms with E-state index in [9.17, 15) is 29.3 Å². The molecular formula is C19H14ClN3O10. The molecule has 1 fully saturated rings. The third kappa shape index (κ3) is 5.10. The van der Waals surface area contributed by atoms with Crippen molar-refractivity contribution in [1.82, 2.24) is 10.2 Å². The molecule has 1 aromatic heterocycles. The molecule has 1 aliphatic heterocycles. The van der Waals surface area contributed by atoms with Crippen LogP contribution in [0.4, 0.5) is 10.5 Å². The van der Waals surface area contributed by atoms with Gasteiger partial charge in [-0.2, -0.15) is 0 Å². The van der Waals surface area contributed by atoms with Gasteiger partial charge in [-0.1, -0.05) is 11.6 Å². The van der Waals surface area contributed by atoms with E-state index in [-0.39, 0.29) is 34.3 Å². The summed E-state index contributed by atoms with van der Waals surface area (Å²) in [7, 11) is 1.17. The number of aliphatic carboxylic acids is 1. The molecule has 0 saturated carbocycles. The van der Waals surface area contributed by atoms with Crippen LogP contribution in [0.2, 0.25) is 5.02 Å². The van der Waals surface area contributed by atoms with Crippen LogP contribution in [0, 0.1) is 10.1 Å². The Hall–Kier alpha value is -4.39. The van der Waals surface area contributed by atoms with Crippen LogP contribution in [0.15, 0.2) is 34.4 Å². The third-order valence-corrected chi connectivity index (χ3v) is 4.50. The molecule has 172 valence electrons. The average molecular weight is 480 g/mol. The number of carboxylic acids is 1. The number of esters is 1. The first-order valence-electron chi connectivity index (χ1n) is 8.94. The van der Waals surface area contributed by atoms with Crippen LogP contribution >= 0.6 is 11.6 Å². The lowest BCUT2D eigenvalue weighted by molar-refractivity contribution is -0.385.